The average Bonchev–Trinajstić information content (AvgIpc) is 2.55. The van der Waals surface area contributed by atoms with Crippen LogP contribution in [0.15, 0.2) is 0 Å². The zero-order valence-corrected chi connectivity index (χ0v) is 16.7. The number of ether oxygens (including phenoxy) is 1. The Kier molecular flexibility index (Phi) is 11.0. The Hall–Kier alpha value is 0.327. The van der Waals surface area contributed by atoms with Crippen LogP contribution in [0.2, 0.25) is 6.04 Å². The highest BCUT2D eigenvalue weighted by Gasteiger charge is 2.37. The third-order valence-electron chi connectivity index (χ3n) is 4.24. The molecular formula is C15H32O6SSi. The molecule has 0 aromatic rings. The maximum Gasteiger partial charge on any atom is 0.500 e. The van der Waals surface area contributed by atoms with Gasteiger partial charge in [0.15, 0.2) is 0 Å². The fraction of sp³-hybridized carbons (Fsp3) is 1.00. The predicted molar refractivity (Wildman–Crippen MR) is 93.6 cm³/mol. The molecule has 0 aromatic carbocycles. The van der Waals surface area contributed by atoms with Gasteiger partial charge in [0.2, 0.25) is 0 Å². The van der Waals surface area contributed by atoms with Gasteiger partial charge in [-0.2, -0.15) is 11.8 Å². The topological polar surface area (TPSA) is 55.4 Å². The molecular weight excluding hydrogens is 336 g/mol. The molecule has 0 N–H and O–H groups in total. The maximum absolute atomic E-state index is 5.40. The lowest BCUT2D eigenvalue weighted by Crippen LogP contribution is -2.45. The normalized spacial score (nSPS) is 17.2. The van der Waals surface area contributed by atoms with Crippen LogP contribution in [0.3, 0.4) is 0 Å². The van der Waals surface area contributed by atoms with Crippen molar-refractivity contribution in [1.29, 1.82) is 0 Å². The monoisotopic (exact) mass is 368 g/mol. The molecule has 8 heteroatoms. The van der Waals surface area contributed by atoms with Crippen molar-refractivity contribution >= 4 is 20.6 Å². The summed E-state index contributed by atoms with van der Waals surface area (Å²) in [4.78, 5) is 10.6. The Morgan fingerprint density at radius 1 is 1.00 bits per heavy atom. The van der Waals surface area contributed by atoms with E-state index in [1.807, 2.05) is 11.8 Å². The Morgan fingerprint density at radius 3 is 2.17 bits per heavy atom. The smallest absolute Gasteiger partial charge is 0.380 e. The SMILES string of the molecule is CCC1(COOCCCSCCC[Si](OC)(OC)OC)COC1. The largest absolute Gasteiger partial charge is 0.500 e. The van der Waals surface area contributed by atoms with E-state index in [4.69, 9.17) is 27.8 Å². The molecule has 0 saturated carbocycles. The van der Waals surface area contributed by atoms with Crippen LogP contribution in [0.5, 0.6) is 0 Å². The summed E-state index contributed by atoms with van der Waals surface area (Å²) in [5.41, 5.74) is 0.190. The van der Waals surface area contributed by atoms with Crippen LogP contribution < -0.4 is 0 Å². The first-order valence-electron chi connectivity index (χ1n) is 8.21. The van der Waals surface area contributed by atoms with Crippen LogP contribution in [0, 0.1) is 5.41 Å². The second-order valence-electron chi connectivity index (χ2n) is 5.80. The summed E-state index contributed by atoms with van der Waals surface area (Å²) in [6, 6.07) is 0.851. The minimum absolute atomic E-state index is 0.190. The standard InChI is InChI=1S/C15H32O6SSi/c1-5-15(12-19-13-15)14-21-20-8-6-9-22-10-7-11-23(16-2,17-3)18-4/h5-14H2,1-4H3. The molecule has 0 amide bonds. The molecule has 1 rings (SSSR count). The molecule has 0 aliphatic carbocycles. The molecule has 0 aromatic heterocycles. The van der Waals surface area contributed by atoms with E-state index < -0.39 is 8.80 Å². The molecule has 138 valence electrons. The summed E-state index contributed by atoms with van der Waals surface area (Å²) in [5, 5.41) is 0. The van der Waals surface area contributed by atoms with E-state index in [-0.39, 0.29) is 5.41 Å². The van der Waals surface area contributed by atoms with Gasteiger partial charge in [-0.15, -0.1) is 0 Å². The van der Waals surface area contributed by atoms with Crippen molar-refractivity contribution in [2.75, 3.05) is 59.3 Å². The highest BCUT2D eigenvalue weighted by Crippen LogP contribution is 2.31. The van der Waals surface area contributed by atoms with Gasteiger partial charge in [-0.3, -0.25) is 0 Å². The first-order valence-corrected chi connectivity index (χ1v) is 11.3. The van der Waals surface area contributed by atoms with E-state index in [9.17, 15) is 0 Å². The van der Waals surface area contributed by atoms with E-state index in [0.29, 0.717) is 13.2 Å². The van der Waals surface area contributed by atoms with Gasteiger partial charge in [0.05, 0.1) is 26.4 Å². The molecule has 23 heavy (non-hydrogen) atoms. The lowest BCUT2D eigenvalue weighted by atomic mass is 9.84. The second-order valence-corrected chi connectivity index (χ2v) is 10.1. The Balaban J connectivity index is 1.90. The number of hydrogen-bond acceptors (Lipinski definition) is 7. The number of rotatable bonds is 15. The minimum atomic E-state index is -2.39. The molecule has 0 radical (unpaired) electrons. The van der Waals surface area contributed by atoms with Crippen molar-refractivity contribution in [2.24, 2.45) is 5.41 Å². The zero-order chi connectivity index (χ0) is 17.0. The number of thioether (sulfide) groups is 1. The van der Waals surface area contributed by atoms with Crippen molar-refractivity contribution in [3.63, 3.8) is 0 Å². The third-order valence-corrected chi connectivity index (χ3v) is 8.22. The minimum Gasteiger partial charge on any atom is -0.380 e. The van der Waals surface area contributed by atoms with Crippen LogP contribution in [0.1, 0.15) is 26.2 Å². The van der Waals surface area contributed by atoms with Crippen LogP contribution in [0.4, 0.5) is 0 Å². The Morgan fingerprint density at radius 2 is 1.65 bits per heavy atom. The summed E-state index contributed by atoms with van der Waals surface area (Å²) in [7, 11) is 2.57. The van der Waals surface area contributed by atoms with Gasteiger partial charge in [-0.05, 0) is 30.8 Å². The summed E-state index contributed by atoms with van der Waals surface area (Å²) < 4.78 is 21.4. The molecule has 0 spiro atoms. The molecule has 1 aliphatic rings. The second kappa shape index (κ2) is 11.8. The molecule has 1 aliphatic heterocycles. The lowest BCUT2D eigenvalue weighted by molar-refractivity contribution is -0.327. The Labute approximate surface area is 145 Å². The molecule has 0 bridgehead atoms. The summed E-state index contributed by atoms with van der Waals surface area (Å²) in [6.45, 7) is 5.02. The maximum atomic E-state index is 5.40. The van der Waals surface area contributed by atoms with E-state index in [0.717, 1.165) is 50.0 Å². The summed E-state index contributed by atoms with van der Waals surface area (Å²) >= 11 is 1.91. The van der Waals surface area contributed by atoms with Crippen molar-refractivity contribution in [3.05, 3.63) is 0 Å². The van der Waals surface area contributed by atoms with Gasteiger partial charge >= 0.3 is 8.80 Å². The quantitative estimate of drug-likeness (QED) is 0.191. The Bertz CT molecular complexity index is 286. The fourth-order valence-electron chi connectivity index (χ4n) is 2.27. The molecule has 0 atom stereocenters. The van der Waals surface area contributed by atoms with E-state index in [1.54, 1.807) is 21.3 Å². The van der Waals surface area contributed by atoms with Crippen molar-refractivity contribution in [2.45, 2.75) is 32.2 Å². The van der Waals surface area contributed by atoms with Gasteiger partial charge in [-0.1, -0.05) is 6.92 Å². The first-order chi connectivity index (χ1) is 11.2. The number of hydrogen-bond donors (Lipinski definition) is 0. The molecule has 1 heterocycles. The van der Waals surface area contributed by atoms with Crippen molar-refractivity contribution < 1.29 is 27.8 Å². The van der Waals surface area contributed by atoms with E-state index in [1.165, 1.54) is 0 Å². The molecule has 0 unspecified atom stereocenters. The average molecular weight is 369 g/mol. The van der Waals surface area contributed by atoms with Crippen LogP contribution in [-0.4, -0.2) is 68.1 Å². The first kappa shape index (κ1) is 21.4. The third kappa shape index (κ3) is 7.39. The van der Waals surface area contributed by atoms with Crippen LogP contribution in [0.25, 0.3) is 0 Å². The molecule has 1 fully saturated rings. The highest BCUT2D eigenvalue weighted by atomic mass is 32.2. The van der Waals surface area contributed by atoms with Gasteiger partial charge in [0.1, 0.15) is 0 Å². The fourth-order valence-corrected chi connectivity index (χ4v) is 5.13. The van der Waals surface area contributed by atoms with E-state index in [2.05, 4.69) is 6.92 Å². The molecule has 1 saturated heterocycles. The van der Waals surface area contributed by atoms with E-state index >= 15 is 0 Å². The molecule has 6 nitrogen and oxygen atoms in total. The predicted octanol–water partition coefficient (Wildman–Crippen LogP) is 2.75. The van der Waals surface area contributed by atoms with Crippen molar-refractivity contribution in [3.8, 4) is 0 Å². The lowest BCUT2D eigenvalue weighted by Gasteiger charge is -2.39. The van der Waals surface area contributed by atoms with Crippen LogP contribution >= 0.6 is 11.8 Å². The highest BCUT2D eigenvalue weighted by molar-refractivity contribution is 7.99. The van der Waals surface area contributed by atoms with Gasteiger partial charge < -0.3 is 18.0 Å². The summed E-state index contributed by atoms with van der Waals surface area (Å²) in [6.07, 6.45) is 3.09. The van der Waals surface area contributed by atoms with Crippen LogP contribution in [-0.2, 0) is 27.8 Å². The van der Waals surface area contributed by atoms with Crippen molar-refractivity contribution in [1.82, 2.24) is 0 Å². The van der Waals surface area contributed by atoms with Gasteiger partial charge in [0.25, 0.3) is 0 Å². The van der Waals surface area contributed by atoms with Gasteiger partial charge in [-0.25, -0.2) is 9.78 Å². The summed E-state index contributed by atoms with van der Waals surface area (Å²) in [5.74, 6) is 2.13. The van der Waals surface area contributed by atoms with Gasteiger partial charge in [0, 0.05) is 32.8 Å². The zero-order valence-electron chi connectivity index (χ0n) is 14.9.